The molecule has 2 aromatic heterocycles. The molecule has 0 aliphatic heterocycles. The third kappa shape index (κ3) is 3.00. The monoisotopic (exact) mass is 328 g/mol. The Bertz CT molecular complexity index is 804. The number of rotatable bonds is 4. The highest BCUT2D eigenvalue weighted by Gasteiger charge is 2.22. The van der Waals surface area contributed by atoms with Gasteiger partial charge < -0.3 is 9.09 Å². The highest BCUT2D eigenvalue weighted by Crippen LogP contribution is 2.36. The molecule has 1 aliphatic carbocycles. The average Bonchev–Trinajstić information content (AvgIpc) is 3.16. The molecule has 0 amide bonds. The molecule has 0 spiro atoms. The maximum absolute atomic E-state index is 5.23. The van der Waals surface area contributed by atoms with Crippen molar-refractivity contribution >= 4 is 22.8 Å². The van der Waals surface area contributed by atoms with Crippen LogP contribution < -0.4 is 0 Å². The van der Waals surface area contributed by atoms with E-state index in [1.165, 1.54) is 37.6 Å². The van der Waals surface area contributed by atoms with Gasteiger partial charge in [0.1, 0.15) is 0 Å². The Morgan fingerprint density at radius 3 is 2.78 bits per heavy atom. The topological polar surface area (TPSA) is 56.7 Å². The molecule has 4 rings (SSSR count). The second-order valence-electron chi connectivity index (χ2n) is 6.07. The Morgan fingerprint density at radius 2 is 2.00 bits per heavy atom. The maximum Gasteiger partial charge on any atom is 0.237 e. The van der Waals surface area contributed by atoms with E-state index < -0.39 is 0 Å². The molecule has 120 valence electrons. The Hall–Kier alpha value is -1.82. The van der Waals surface area contributed by atoms with Gasteiger partial charge in [0, 0.05) is 6.04 Å². The second-order valence-corrected chi connectivity index (χ2v) is 7.01. The molecular weight excluding hydrogens is 308 g/mol. The van der Waals surface area contributed by atoms with E-state index >= 15 is 0 Å². The van der Waals surface area contributed by atoms with Gasteiger partial charge in [-0.05, 0) is 31.9 Å². The van der Waals surface area contributed by atoms with Crippen LogP contribution in [-0.2, 0) is 5.75 Å². The lowest BCUT2D eigenvalue weighted by Crippen LogP contribution is -2.13. The first-order valence-electron chi connectivity index (χ1n) is 8.20. The van der Waals surface area contributed by atoms with E-state index in [9.17, 15) is 0 Å². The van der Waals surface area contributed by atoms with Crippen LogP contribution in [0.15, 0.2) is 33.9 Å². The molecule has 0 bridgehead atoms. The summed E-state index contributed by atoms with van der Waals surface area (Å²) in [5.74, 6) is 2.01. The number of hydrogen-bond donors (Lipinski definition) is 0. The Morgan fingerprint density at radius 1 is 1.17 bits per heavy atom. The summed E-state index contributed by atoms with van der Waals surface area (Å²) in [7, 11) is 0. The van der Waals surface area contributed by atoms with E-state index in [-0.39, 0.29) is 0 Å². The highest BCUT2D eigenvalue weighted by atomic mass is 32.2. The van der Waals surface area contributed by atoms with Crippen LogP contribution in [0.4, 0.5) is 0 Å². The first kappa shape index (κ1) is 14.8. The van der Waals surface area contributed by atoms with Crippen molar-refractivity contribution in [3.63, 3.8) is 0 Å². The number of benzene rings is 1. The first-order chi connectivity index (χ1) is 11.3. The third-order valence-electron chi connectivity index (χ3n) is 4.40. The summed E-state index contributed by atoms with van der Waals surface area (Å²) in [4.78, 5) is 9.13. The molecule has 1 fully saturated rings. The van der Waals surface area contributed by atoms with Crippen LogP contribution in [0.25, 0.3) is 11.0 Å². The number of fused-ring (bicyclic) bond motifs is 1. The predicted molar refractivity (Wildman–Crippen MR) is 90.5 cm³/mol. The van der Waals surface area contributed by atoms with Crippen molar-refractivity contribution in [3.05, 3.63) is 36.0 Å². The van der Waals surface area contributed by atoms with Gasteiger partial charge in [-0.2, -0.15) is 4.98 Å². The van der Waals surface area contributed by atoms with Crippen LogP contribution >= 0.6 is 11.8 Å². The molecule has 1 saturated carbocycles. The van der Waals surface area contributed by atoms with E-state index in [1.807, 2.05) is 6.92 Å². The quantitative estimate of drug-likeness (QED) is 0.659. The van der Waals surface area contributed by atoms with Gasteiger partial charge in [0.2, 0.25) is 5.89 Å². The van der Waals surface area contributed by atoms with Crippen molar-refractivity contribution in [1.29, 1.82) is 0 Å². The van der Waals surface area contributed by atoms with Crippen molar-refractivity contribution in [3.8, 4) is 0 Å². The fourth-order valence-corrected chi connectivity index (χ4v) is 4.26. The molecule has 6 heteroatoms. The summed E-state index contributed by atoms with van der Waals surface area (Å²) in [5, 5.41) is 4.92. The summed E-state index contributed by atoms with van der Waals surface area (Å²) in [6, 6.07) is 8.98. The zero-order valence-corrected chi connectivity index (χ0v) is 14.1. The van der Waals surface area contributed by atoms with Crippen molar-refractivity contribution < 1.29 is 4.52 Å². The van der Waals surface area contributed by atoms with Gasteiger partial charge in [0.15, 0.2) is 11.0 Å². The molecule has 5 nitrogen and oxygen atoms in total. The first-order valence-corrected chi connectivity index (χ1v) is 9.19. The predicted octanol–water partition coefficient (Wildman–Crippen LogP) is 4.53. The van der Waals surface area contributed by atoms with Crippen LogP contribution in [-0.4, -0.2) is 19.7 Å². The van der Waals surface area contributed by atoms with E-state index in [0.29, 0.717) is 23.5 Å². The van der Waals surface area contributed by atoms with E-state index in [2.05, 4.69) is 39.0 Å². The van der Waals surface area contributed by atoms with Crippen LogP contribution in [0.1, 0.15) is 49.9 Å². The molecular formula is C17H20N4OS. The zero-order chi connectivity index (χ0) is 15.6. The Kier molecular flexibility index (Phi) is 4.08. The largest absolute Gasteiger partial charge is 0.338 e. The van der Waals surface area contributed by atoms with E-state index in [4.69, 9.17) is 9.51 Å². The van der Waals surface area contributed by atoms with Crippen LogP contribution in [0.3, 0.4) is 0 Å². The lowest BCUT2D eigenvalue weighted by atomic mass is 9.95. The number of imidazole rings is 1. The summed E-state index contributed by atoms with van der Waals surface area (Å²) < 4.78 is 7.66. The molecule has 0 unspecified atom stereocenters. The molecule has 0 N–H and O–H groups in total. The number of aromatic nitrogens is 4. The van der Waals surface area contributed by atoms with Crippen LogP contribution in [0.2, 0.25) is 0 Å². The number of aryl methyl sites for hydroxylation is 1. The van der Waals surface area contributed by atoms with Crippen molar-refractivity contribution in [2.45, 2.75) is 56.0 Å². The molecule has 0 atom stereocenters. The van der Waals surface area contributed by atoms with Gasteiger partial charge >= 0.3 is 0 Å². The molecule has 2 heterocycles. The van der Waals surface area contributed by atoms with E-state index in [0.717, 1.165) is 10.7 Å². The smallest absolute Gasteiger partial charge is 0.237 e. The van der Waals surface area contributed by atoms with Crippen molar-refractivity contribution in [2.75, 3.05) is 0 Å². The molecule has 0 radical (unpaired) electrons. The number of para-hydroxylation sites is 2. The summed E-state index contributed by atoms with van der Waals surface area (Å²) in [5.41, 5.74) is 2.31. The minimum Gasteiger partial charge on any atom is -0.338 e. The minimum atomic E-state index is 0.558. The third-order valence-corrected chi connectivity index (χ3v) is 5.34. The lowest BCUT2D eigenvalue weighted by Gasteiger charge is -2.25. The number of nitrogens with zero attached hydrogens (tertiary/aromatic N) is 4. The van der Waals surface area contributed by atoms with Gasteiger partial charge in [0.25, 0.3) is 0 Å². The van der Waals surface area contributed by atoms with Crippen molar-refractivity contribution in [1.82, 2.24) is 19.7 Å². The number of hydrogen-bond acceptors (Lipinski definition) is 5. The highest BCUT2D eigenvalue weighted by molar-refractivity contribution is 7.98. The van der Waals surface area contributed by atoms with Crippen LogP contribution in [0, 0.1) is 6.92 Å². The molecule has 23 heavy (non-hydrogen) atoms. The molecule has 3 aromatic rings. The SMILES string of the molecule is Cc1noc(CSc2nc3ccccc3n2C2CCCCC2)n1. The lowest BCUT2D eigenvalue weighted by molar-refractivity contribution is 0.343. The molecule has 0 saturated heterocycles. The minimum absolute atomic E-state index is 0.558. The van der Waals surface area contributed by atoms with Gasteiger partial charge in [-0.15, -0.1) is 0 Å². The summed E-state index contributed by atoms with van der Waals surface area (Å²) in [6.45, 7) is 1.84. The van der Waals surface area contributed by atoms with Gasteiger partial charge in [-0.3, -0.25) is 0 Å². The van der Waals surface area contributed by atoms with Crippen molar-refractivity contribution in [2.24, 2.45) is 0 Å². The molecule has 1 aliphatic rings. The second kappa shape index (κ2) is 6.35. The van der Waals surface area contributed by atoms with Crippen LogP contribution in [0.5, 0.6) is 0 Å². The summed E-state index contributed by atoms with van der Waals surface area (Å²) >= 11 is 1.69. The number of thioether (sulfide) groups is 1. The Balaban J connectivity index is 1.66. The van der Waals surface area contributed by atoms with E-state index in [1.54, 1.807) is 11.8 Å². The zero-order valence-electron chi connectivity index (χ0n) is 13.2. The summed E-state index contributed by atoms with van der Waals surface area (Å²) in [6.07, 6.45) is 6.46. The fourth-order valence-electron chi connectivity index (χ4n) is 3.34. The normalized spacial score (nSPS) is 16.2. The maximum atomic E-state index is 5.23. The van der Waals surface area contributed by atoms with Gasteiger partial charge in [-0.1, -0.05) is 48.3 Å². The fraction of sp³-hybridized carbons (Fsp3) is 0.471. The molecule has 1 aromatic carbocycles. The van der Waals surface area contributed by atoms with Gasteiger partial charge in [-0.25, -0.2) is 4.98 Å². The average molecular weight is 328 g/mol. The van der Waals surface area contributed by atoms with Gasteiger partial charge in [0.05, 0.1) is 16.8 Å². The standard InChI is InChI=1S/C17H20N4OS/c1-12-18-16(22-20-12)11-23-17-19-14-9-5-6-10-15(14)21(17)13-7-3-2-4-8-13/h5-6,9-10,13H,2-4,7-8,11H2,1H3. The Labute approximate surface area is 139 Å².